The fourth-order valence-corrected chi connectivity index (χ4v) is 3.03. The molecule has 0 aliphatic heterocycles. The quantitative estimate of drug-likeness (QED) is 0.361. The van der Waals surface area contributed by atoms with Crippen LogP contribution in [-0.2, 0) is 18.4 Å². The first kappa shape index (κ1) is 18.4. The normalized spacial score (nSPS) is 10.7. The average molecular weight is 387 g/mol. The second-order valence-electron chi connectivity index (χ2n) is 6.71. The maximum absolute atomic E-state index is 12.4. The third kappa shape index (κ3) is 4.16. The molecule has 2 aromatic carbocycles. The molecule has 0 amide bonds. The van der Waals surface area contributed by atoms with Crippen molar-refractivity contribution < 1.29 is 13.9 Å². The fraction of sp³-hybridized carbons (Fsp3) is 0.0870. The SMILES string of the molecule is Cn1cccc1COC(=O)c1cccc(Nc2ccc(-c3ccoc3)cc2N)c1. The summed E-state index contributed by atoms with van der Waals surface area (Å²) in [6.07, 6.45) is 5.21. The van der Waals surface area contributed by atoms with Gasteiger partial charge in [0.2, 0.25) is 0 Å². The molecule has 0 unspecified atom stereocenters. The second-order valence-corrected chi connectivity index (χ2v) is 6.71. The number of aromatic nitrogens is 1. The van der Waals surface area contributed by atoms with E-state index >= 15 is 0 Å². The van der Waals surface area contributed by atoms with Gasteiger partial charge in [-0.15, -0.1) is 0 Å². The molecule has 0 atom stereocenters. The largest absolute Gasteiger partial charge is 0.472 e. The van der Waals surface area contributed by atoms with E-state index in [2.05, 4.69) is 5.32 Å². The molecule has 0 bridgehead atoms. The molecule has 0 spiro atoms. The number of carbonyl (C=O) groups excluding carboxylic acids is 1. The zero-order valence-electron chi connectivity index (χ0n) is 16.0. The van der Waals surface area contributed by atoms with Gasteiger partial charge in [0.15, 0.2) is 0 Å². The van der Waals surface area contributed by atoms with Gasteiger partial charge in [-0.3, -0.25) is 0 Å². The van der Waals surface area contributed by atoms with Crippen molar-refractivity contribution in [2.24, 2.45) is 7.05 Å². The predicted octanol–water partition coefficient (Wildman–Crippen LogP) is 4.97. The van der Waals surface area contributed by atoms with Crippen molar-refractivity contribution in [2.45, 2.75) is 6.61 Å². The Morgan fingerprint density at radius 3 is 2.72 bits per heavy atom. The van der Waals surface area contributed by atoms with Crippen molar-refractivity contribution in [3.63, 3.8) is 0 Å². The number of nitrogens with two attached hydrogens (primary N) is 1. The molecule has 0 aliphatic rings. The number of ether oxygens (including phenoxy) is 1. The van der Waals surface area contributed by atoms with Crippen molar-refractivity contribution in [3.05, 3.63) is 90.6 Å². The Labute approximate surface area is 168 Å². The molecule has 0 saturated heterocycles. The lowest BCUT2D eigenvalue weighted by molar-refractivity contribution is 0.0465. The van der Waals surface area contributed by atoms with E-state index in [1.54, 1.807) is 30.7 Å². The van der Waals surface area contributed by atoms with Crippen molar-refractivity contribution in [1.82, 2.24) is 4.57 Å². The lowest BCUT2D eigenvalue weighted by Crippen LogP contribution is -2.07. The number of furan rings is 1. The van der Waals surface area contributed by atoms with Crippen LogP contribution >= 0.6 is 0 Å². The molecule has 6 heteroatoms. The molecule has 0 radical (unpaired) electrons. The van der Waals surface area contributed by atoms with E-state index in [9.17, 15) is 4.79 Å². The molecule has 0 saturated carbocycles. The molecule has 4 rings (SSSR count). The van der Waals surface area contributed by atoms with E-state index in [-0.39, 0.29) is 12.6 Å². The first-order chi connectivity index (χ1) is 14.1. The number of aryl methyl sites for hydroxylation is 1. The van der Waals surface area contributed by atoms with Crippen LogP contribution in [0, 0.1) is 0 Å². The summed E-state index contributed by atoms with van der Waals surface area (Å²) in [5, 5.41) is 3.26. The predicted molar refractivity (Wildman–Crippen MR) is 113 cm³/mol. The standard InChI is InChI=1S/C23H21N3O3/c1-26-10-3-6-20(26)15-29-23(27)17-4-2-5-19(12-17)25-22-8-7-16(13-21(22)24)18-9-11-28-14-18/h2-14,25H,15,24H2,1H3. The number of rotatable bonds is 6. The second kappa shape index (κ2) is 7.98. The minimum Gasteiger partial charge on any atom is -0.472 e. The van der Waals surface area contributed by atoms with Gasteiger partial charge in [0.25, 0.3) is 0 Å². The zero-order chi connectivity index (χ0) is 20.2. The smallest absolute Gasteiger partial charge is 0.338 e. The van der Waals surface area contributed by atoms with E-state index in [0.717, 1.165) is 28.2 Å². The molecule has 146 valence electrons. The lowest BCUT2D eigenvalue weighted by Gasteiger charge is -2.12. The fourth-order valence-electron chi connectivity index (χ4n) is 3.03. The Kier molecular flexibility index (Phi) is 5.07. The van der Waals surface area contributed by atoms with Gasteiger partial charge >= 0.3 is 5.97 Å². The van der Waals surface area contributed by atoms with Crippen molar-refractivity contribution in [1.29, 1.82) is 0 Å². The molecule has 6 nitrogen and oxygen atoms in total. The monoisotopic (exact) mass is 387 g/mol. The summed E-state index contributed by atoms with van der Waals surface area (Å²) in [5.41, 5.74) is 11.6. The number of anilines is 3. The average Bonchev–Trinajstić information content (AvgIpc) is 3.40. The minimum atomic E-state index is -0.377. The summed E-state index contributed by atoms with van der Waals surface area (Å²) in [5.74, 6) is -0.377. The summed E-state index contributed by atoms with van der Waals surface area (Å²) in [7, 11) is 1.91. The molecule has 0 fully saturated rings. The number of hydrogen-bond acceptors (Lipinski definition) is 5. The number of esters is 1. The first-order valence-corrected chi connectivity index (χ1v) is 9.17. The van der Waals surface area contributed by atoms with E-state index in [4.69, 9.17) is 14.9 Å². The Morgan fingerprint density at radius 1 is 1.10 bits per heavy atom. The van der Waals surface area contributed by atoms with Gasteiger partial charge in [-0.25, -0.2) is 4.79 Å². The van der Waals surface area contributed by atoms with Crippen molar-refractivity contribution in [2.75, 3.05) is 11.1 Å². The van der Waals surface area contributed by atoms with E-state index in [1.807, 2.05) is 60.3 Å². The van der Waals surface area contributed by atoms with Gasteiger partial charge < -0.3 is 24.8 Å². The van der Waals surface area contributed by atoms with E-state index in [0.29, 0.717) is 11.3 Å². The van der Waals surface area contributed by atoms with Crippen LogP contribution < -0.4 is 11.1 Å². The minimum absolute atomic E-state index is 0.225. The van der Waals surface area contributed by atoms with Crippen LogP contribution in [0.5, 0.6) is 0 Å². The number of nitrogens with zero attached hydrogens (tertiary/aromatic N) is 1. The van der Waals surface area contributed by atoms with Gasteiger partial charge in [0, 0.05) is 24.5 Å². The Morgan fingerprint density at radius 2 is 2.00 bits per heavy atom. The maximum atomic E-state index is 12.4. The summed E-state index contributed by atoms with van der Waals surface area (Å²) in [6.45, 7) is 0.225. The summed E-state index contributed by atoms with van der Waals surface area (Å²) in [4.78, 5) is 12.4. The van der Waals surface area contributed by atoms with E-state index in [1.165, 1.54) is 0 Å². The molecule has 2 aromatic heterocycles. The lowest BCUT2D eigenvalue weighted by atomic mass is 10.1. The van der Waals surface area contributed by atoms with Gasteiger partial charge in [-0.2, -0.15) is 0 Å². The Hall–Kier alpha value is -3.93. The highest BCUT2D eigenvalue weighted by Gasteiger charge is 2.10. The van der Waals surface area contributed by atoms with Gasteiger partial charge in [-0.1, -0.05) is 12.1 Å². The molecule has 29 heavy (non-hydrogen) atoms. The third-order valence-electron chi connectivity index (χ3n) is 4.69. The molecule has 2 heterocycles. The highest BCUT2D eigenvalue weighted by Crippen LogP contribution is 2.29. The van der Waals surface area contributed by atoms with E-state index < -0.39 is 0 Å². The van der Waals surface area contributed by atoms with Crippen LogP contribution in [0.15, 0.2) is 83.8 Å². The van der Waals surface area contributed by atoms with Crippen LogP contribution in [0.1, 0.15) is 16.1 Å². The number of hydrogen-bond donors (Lipinski definition) is 2. The molecule has 0 aliphatic carbocycles. The van der Waals surface area contributed by atoms with Crippen molar-refractivity contribution in [3.8, 4) is 11.1 Å². The highest BCUT2D eigenvalue weighted by molar-refractivity contribution is 5.91. The summed E-state index contributed by atoms with van der Waals surface area (Å²) in [6, 6.07) is 18.6. The number of nitrogen functional groups attached to an aromatic ring is 1. The molecule has 4 aromatic rings. The first-order valence-electron chi connectivity index (χ1n) is 9.17. The van der Waals surface area contributed by atoms with Gasteiger partial charge in [0.1, 0.15) is 6.61 Å². The third-order valence-corrected chi connectivity index (χ3v) is 4.69. The van der Waals surface area contributed by atoms with Crippen molar-refractivity contribution >= 4 is 23.0 Å². The Bertz CT molecular complexity index is 1130. The van der Waals surface area contributed by atoms with Crippen LogP contribution in [0.2, 0.25) is 0 Å². The van der Waals surface area contributed by atoms with Crippen LogP contribution in [0.4, 0.5) is 17.1 Å². The van der Waals surface area contributed by atoms with Gasteiger partial charge in [0.05, 0.1) is 35.2 Å². The Balaban J connectivity index is 1.46. The molecular formula is C23H21N3O3. The summed E-state index contributed by atoms with van der Waals surface area (Å²) >= 11 is 0. The van der Waals surface area contributed by atoms with Gasteiger partial charge in [-0.05, 0) is 54.1 Å². The zero-order valence-corrected chi connectivity index (χ0v) is 16.0. The topological polar surface area (TPSA) is 82.4 Å². The molecule has 3 N–H and O–H groups in total. The number of nitrogens with one attached hydrogen (secondary N) is 1. The summed E-state index contributed by atoms with van der Waals surface area (Å²) < 4.78 is 12.5. The molecular weight excluding hydrogens is 366 g/mol. The number of carbonyl (C=O) groups is 1. The van der Waals surface area contributed by atoms with Crippen LogP contribution in [0.3, 0.4) is 0 Å². The maximum Gasteiger partial charge on any atom is 0.338 e. The van der Waals surface area contributed by atoms with Crippen LogP contribution in [-0.4, -0.2) is 10.5 Å². The van der Waals surface area contributed by atoms with Crippen LogP contribution in [0.25, 0.3) is 11.1 Å². The highest BCUT2D eigenvalue weighted by atomic mass is 16.5. The number of benzene rings is 2.